The number of benzene rings is 2. The summed E-state index contributed by atoms with van der Waals surface area (Å²) < 4.78 is 4.97. The van der Waals surface area contributed by atoms with Gasteiger partial charge in [0.15, 0.2) is 0 Å². The number of hydrogen-bond donors (Lipinski definition) is 1. The maximum atomic E-state index is 12.1. The lowest BCUT2D eigenvalue weighted by molar-refractivity contribution is 0.0948. The third-order valence-corrected chi connectivity index (χ3v) is 5.09. The van der Waals surface area contributed by atoms with Crippen LogP contribution in [-0.4, -0.2) is 26.2 Å². The van der Waals surface area contributed by atoms with Gasteiger partial charge in [-0.2, -0.15) is 0 Å². The van der Waals surface area contributed by atoms with Crippen LogP contribution in [0.5, 0.6) is 0 Å². The predicted molar refractivity (Wildman–Crippen MR) is 101 cm³/mol. The van der Waals surface area contributed by atoms with Crippen LogP contribution in [0, 0.1) is 0 Å². The molecule has 2 aromatic rings. The number of thioether (sulfide) groups is 1. The van der Waals surface area contributed by atoms with E-state index >= 15 is 0 Å². The Labute approximate surface area is 156 Å². The maximum Gasteiger partial charge on any atom is 0.251 e. The number of ether oxygens (including phenoxy) is 1. The first-order chi connectivity index (χ1) is 11.6. The van der Waals surface area contributed by atoms with Crippen molar-refractivity contribution in [2.75, 3.05) is 20.3 Å². The fraction of sp³-hybridized carbons (Fsp3) is 0.278. The number of halogens is 2. The van der Waals surface area contributed by atoms with Crippen molar-refractivity contribution in [1.82, 2.24) is 5.32 Å². The molecule has 0 atom stereocenters. The van der Waals surface area contributed by atoms with Crippen molar-refractivity contribution >= 4 is 40.9 Å². The zero-order chi connectivity index (χ0) is 17.4. The summed E-state index contributed by atoms with van der Waals surface area (Å²) in [6.07, 6.45) is 0.797. The van der Waals surface area contributed by atoms with E-state index in [4.69, 9.17) is 27.9 Å². The molecule has 0 heterocycles. The van der Waals surface area contributed by atoms with E-state index in [1.54, 1.807) is 31.0 Å². The lowest BCUT2D eigenvalue weighted by Crippen LogP contribution is -2.25. The van der Waals surface area contributed by atoms with Crippen molar-refractivity contribution in [3.8, 4) is 0 Å². The summed E-state index contributed by atoms with van der Waals surface area (Å²) in [7, 11) is 1.65. The van der Waals surface area contributed by atoms with Crippen molar-refractivity contribution < 1.29 is 9.53 Å². The van der Waals surface area contributed by atoms with Crippen molar-refractivity contribution in [3.63, 3.8) is 0 Å². The molecule has 1 amide bonds. The average molecular weight is 384 g/mol. The summed E-state index contributed by atoms with van der Waals surface area (Å²) >= 11 is 13.8. The minimum Gasteiger partial charge on any atom is -0.385 e. The summed E-state index contributed by atoms with van der Waals surface area (Å²) in [4.78, 5) is 13.1. The van der Waals surface area contributed by atoms with Gasteiger partial charge in [-0.3, -0.25) is 4.79 Å². The summed E-state index contributed by atoms with van der Waals surface area (Å²) in [6, 6.07) is 13.0. The number of carbonyl (C=O) groups is 1. The van der Waals surface area contributed by atoms with E-state index in [1.165, 1.54) is 0 Å². The highest BCUT2D eigenvalue weighted by molar-refractivity contribution is 7.98. The second-order valence-corrected chi connectivity index (χ2v) is 7.03. The number of rotatable bonds is 8. The molecule has 2 aromatic carbocycles. The van der Waals surface area contributed by atoms with Crippen molar-refractivity contribution in [2.24, 2.45) is 0 Å². The van der Waals surface area contributed by atoms with Crippen molar-refractivity contribution in [3.05, 3.63) is 63.6 Å². The van der Waals surface area contributed by atoms with Gasteiger partial charge in [0.25, 0.3) is 5.91 Å². The van der Waals surface area contributed by atoms with Crippen LogP contribution < -0.4 is 5.32 Å². The predicted octanol–water partition coefficient (Wildman–Crippen LogP) is 5.05. The topological polar surface area (TPSA) is 38.3 Å². The molecule has 0 radical (unpaired) electrons. The Morgan fingerprint density at radius 3 is 2.83 bits per heavy atom. The van der Waals surface area contributed by atoms with Crippen LogP contribution in [0.15, 0.2) is 47.4 Å². The van der Waals surface area contributed by atoms with E-state index in [9.17, 15) is 4.79 Å². The van der Waals surface area contributed by atoms with E-state index in [-0.39, 0.29) is 5.91 Å². The Hall–Kier alpha value is -1.20. The molecule has 3 nitrogen and oxygen atoms in total. The van der Waals surface area contributed by atoms with Gasteiger partial charge < -0.3 is 10.1 Å². The van der Waals surface area contributed by atoms with Gasteiger partial charge in [-0.1, -0.05) is 35.3 Å². The third-order valence-electron chi connectivity index (χ3n) is 3.29. The zero-order valence-electron chi connectivity index (χ0n) is 13.4. The monoisotopic (exact) mass is 383 g/mol. The highest BCUT2D eigenvalue weighted by atomic mass is 35.5. The van der Waals surface area contributed by atoms with Crippen LogP contribution >= 0.6 is 35.0 Å². The molecule has 0 spiro atoms. The molecule has 0 saturated heterocycles. The minimum atomic E-state index is -0.0706. The molecular weight excluding hydrogens is 365 g/mol. The van der Waals surface area contributed by atoms with Gasteiger partial charge in [-0.15, -0.1) is 11.8 Å². The van der Waals surface area contributed by atoms with E-state index in [0.717, 1.165) is 16.9 Å². The third kappa shape index (κ3) is 6.02. The number of nitrogens with one attached hydrogen (secondary N) is 1. The smallest absolute Gasteiger partial charge is 0.251 e. The van der Waals surface area contributed by atoms with Crippen LogP contribution in [0.25, 0.3) is 0 Å². The molecule has 0 unspecified atom stereocenters. The van der Waals surface area contributed by atoms with Gasteiger partial charge >= 0.3 is 0 Å². The molecule has 0 fully saturated rings. The molecule has 0 aliphatic heterocycles. The molecule has 2 rings (SSSR count). The van der Waals surface area contributed by atoms with Gasteiger partial charge in [0.2, 0.25) is 0 Å². The fourth-order valence-corrected chi connectivity index (χ4v) is 3.51. The second kappa shape index (κ2) is 9.94. The van der Waals surface area contributed by atoms with Crippen LogP contribution in [0.1, 0.15) is 22.3 Å². The quantitative estimate of drug-likeness (QED) is 0.511. The van der Waals surface area contributed by atoms with E-state index in [2.05, 4.69) is 5.32 Å². The number of amides is 1. The van der Waals surface area contributed by atoms with Crippen molar-refractivity contribution in [2.45, 2.75) is 17.1 Å². The molecule has 128 valence electrons. The number of carbonyl (C=O) groups excluding carboxylic acids is 1. The Balaban J connectivity index is 1.94. The lowest BCUT2D eigenvalue weighted by atomic mass is 10.1. The summed E-state index contributed by atoms with van der Waals surface area (Å²) in [5.74, 6) is 0.643. The average Bonchev–Trinajstić information content (AvgIpc) is 2.59. The first-order valence-corrected chi connectivity index (χ1v) is 9.28. The lowest BCUT2D eigenvalue weighted by Gasteiger charge is -2.08. The standard InChI is InChI=1S/C18H19Cl2NO2S/c1-23-9-3-8-21-18(22)14-5-2-4-13(10-14)12-24-17-11-15(19)6-7-16(17)20/h2,4-7,10-11H,3,8-9,12H2,1H3,(H,21,22). The van der Waals surface area contributed by atoms with Gasteiger partial charge in [0.05, 0.1) is 5.02 Å². The minimum absolute atomic E-state index is 0.0706. The summed E-state index contributed by atoms with van der Waals surface area (Å²) in [5, 5.41) is 4.22. The molecule has 0 aliphatic carbocycles. The van der Waals surface area contributed by atoms with Gasteiger partial charge in [-0.25, -0.2) is 0 Å². The first kappa shape index (κ1) is 19.1. The van der Waals surface area contributed by atoms with Gasteiger partial charge in [0.1, 0.15) is 0 Å². The number of methoxy groups -OCH3 is 1. The van der Waals surface area contributed by atoms with Gasteiger partial charge in [-0.05, 0) is 42.3 Å². The Kier molecular flexibility index (Phi) is 7.92. The van der Waals surface area contributed by atoms with Crippen LogP contribution in [0.2, 0.25) is 10.0 Å². The van der Waals surface area contributed by atoms with E-state index in [1.807, 2.05) is 30.3 Å². The summed E-state index contributed by atoms with van der Waals surface area (Å²) in [5.41, 5.74) is 1.71. The molecular formula is C18H19Cl2NO2S. The van der Waals surface area contributed by atoms with Crippen LogP contribution in [0.3, 0.4) is 0 Å². The maximum absolute atomic E-state index is 12.1. The summed E-state index contributed by atoms with van der Waals surface area (Å²) in [6.45, 7) is 1.24. The fourth-order valence-electron chi connectivity index (χ4n) is 2.07. The van der Waals surface area contributed by atoms with E-state index < -0.39 is 0 Å². The van der Waals surface area contributed by atoms with E-state index in [0.29, 0.717) is 34.5 Å². The Morgan fingerprint density at radius 2 is 2.04 bits per heavy atom. The SMILES string of the molecule is COCCCNC(=O)c1cccc(CSc2cc(Cl)ccc2Cl)c1. The molecule has 1 N–H and O–H groups in total. The molecule has 6 heteroatoms. The highest BCUT2D eigenvalue weighted by Gasteiger charge is 2.07. The Bertz CT molecular complexity index is 694. The Morgan fingerprint density at radius 1 is 1.21 bits per heavy atom. The van der Waals surface area contributed by atoms with Crippen LogP contribution in [-0.2, 0) is 10.5 Å². The molecule has 0 aliphatic rings. The molecule has 0 saturated carbocycles. The molecule has 24 heavy (non-hydrogen) atoms. The number of hydrogen-bond acceptors (Lipinski definition) is 3. The van der Waals surface area contributed by atoms with Crippen LogP contribution in [0.4, 0.5) is 0 Å². The largest absolute Gasteiger partial charge is 0.385 e. The normalized spacial score (nSPS) is 10.6. The second-order valence-electron chi connectivity index (χ2n) is 5.17. The van der Waals surface area contributed by atoms with Gasteiger partial charge in [0, 0.05) is 41.5 Å². The molecule has 0 bridgehead atoms. The highest BCUT2D eigenvalue weighted by Crippen LogP contribution is 2.32. The van der Waals surface area contributed by atoms with Crippen molar-refractivity contribution in [1.29, 1.82) is 0 Å². The zero-order valence-corrected chi connectivity index (χ0v) is 15.7. The molecule has 0 aromatic heterocycles. The first-order valence-electron chi connectivity index (χ1n) is 7.54.